The first-order chi connectivity index (χ1) is 28.4. The lowest BCUT2D eigenvalue weighted by Crippen LogP contribution is -2.27. The largest absolute Gasteiger partial charge is 0.497 e. The van der Waals surface area contributed by atoms with Crippen molar-refractivity contribution < 1.29 is 42.2 Å². The maximum atomic E-state index is 13.5. The van der Waals surface area contributed by atoms with Crippen LogP contribution in [0.2, 0.25) is 0 Å². The third-order valence-electron chi connectivity index (χ3n) is 9.18. The summed E-state index contributed by atoms with van der Waals surface area (Å²) in [6.07, 6.45) is 3.73. The molecule has 13 nitrogen and oxygen atoms in total. The number of fused-ring (bicyclic) bond motifs is 1. The molecule has 1 atom stereocenters. The fraction of sp³-hybridized carbons (Fsp3) is 0.356. The van der Waals surface area contributed by atoms with Crippen molar-refractivity contribution in [2.75, 3.05) is 77.8 Å². The Morgan fingerprint density at radius 2 is 1.49 bits per heavy atom. The minimum Gasteiger partial charge on any atom is -0.497 e. The topological polar surface area (TPSA) is 156 Å². The normalized spacial score (nSPS) is 11.8. The van der Waals surface area contributed by atoms with Crippen molar-refractivity contribution >= 4 is 44.9 Å². The first kappa shape index (κ1) is 44.6. The molecule has 59 heavy (non-hydrogen) atoms. The molecule has 0 saturated heterocycles. The lowest BCUT2D eigenvalue weighted by atomic mass is 9.85. The zero-order valence-electron chi connectivity index (χ0n) is 34.8. The molecule has 0 aliphatic heterocycles. The van der Waals surface area contributed by atoms with E-state index in [0.717, 1.165) is 33.2 Å². The van der Waals surface area contributed by atoms with Crippen LogP contribution in [0.25, 0.3) is 10.8 Å². The summed E-state index contributed by atoms with van der Waals surface area (Å²) in [6, 6.07) is 23.7. The van der Waals surface area contributed by atoms with E-state index in [9.17, 15) is 13.8 Å². The Balaban J connectivity index is 1.27. The van der Waals surface area contributed by atoms with Gasteiger partial charge in [-0.15, -0.1) is 0 Å². The van der Waals surface area contributed by atoms with Crippen LogP contribution in [0.4, 0.5) is 16.2 Å². The van der Waals surface area contributed by atoms with Crippen molar-refractivity contribution in [2.24, 2.45) is 0 Å². The van der Waals surface area contributed by atoms with Gasteiger partial charge in [0, 0.05) is 77.0 Å². The third kappa shape index (κ3) is 13.0. The molecule has 0 aliphatic carbocycles. The summed E-state index contributed by atoms with van der Waals surface area (Å²) >= 11 is 0. The standard InChI is InChI=1S/C45H54N4O9S/c1-45(2,3)33-25-32(29-59(7)52)42(55-6)40(27-33)49-44(51)48-39-12-13-41(38-11-9-8-10-37(38)39)58-35-14-15-46-34(28-35)23-30-22-31(26-36(24-30)54-5)43(50)47-16-17-56-20-21-57-19-18-53-4/h8-15,22,24-28H,16-21,23,29H2,1-7H3,(H,47,50)(H2,48,49,51). The average molecular weight is 827 g/mol. The summed E-state index contributed by atoms with van der Waals surface area (Å²) < 4.78 is 45.7. The molecule has 3 N–H and O–H groups in total. The number of carbonyl (C=O) groups is 2. The monoisotopic (exact) mass is 826 g/mol. The van der Waals surface area contributed by atoms with E-state index in [-0.39, 0.29) is 11.3 Å². The van der Waals surface area contributed by atoms with Gasteiger partial charge in [0.2, 0.25) is 0 Å². The fourth-order valence-corrected chi connectivity index (χ4v) is 6.95. The third-order valence-corrected chi connectivity index (χ3v) is 9.89. The fourth-order valence-electron chi connectivity index (χ4n) is 6.29. The van der Waals surface area contributed by atoms with Gasteiger partial charge >= 0.3 is 6.03 Å². The Hall–Kier alpha value is -5.54. The number of hydrogen-bond acceptors (Lipinski definition) is 10. The first-order valence-electron chi connectivity index (χ1n) is 19.2. The Bertz CT molecular complexity index is 2240. The predicted molar refractivity (Wildman–Crippen MR) is 232 cm³/mol. The number of nitrogens with one attached hydrogen (secondary N) is 3. The summed E-state index contributed by atoms with van der Waals surface area (Å²) in [6.45, 7) is 8.85. The maximum absolute atomic E-state index is 13.5. The van der Waals surface area contributed by atoms with Crippen molar-refractivity contribution in [3.63, 3.8) is 0 Å². The number of amides is 3. The number of urea groups is 1. The van der Waals surface area contributed by atoms with Crippen molar-refractivity contribution in [1.82, 2.24) is 10.3 Å². The molecular weight excluding hydrogens is 773 g/mol. The number of carbonyl (C=O) groups excluding carboxylic acids is 2. The Kier molecular flexibility index (Phi) is 16.2. The van der Waals surface area contributed by atoms with Crippen molar-refractivity contribution in [3.05, 3.63) is 113 Å². The zero-order valence-corrected chi connectivity index (χ0v) is 35.6. The smallest absolute Gasteiger partial charge is 0.323 e. The van der Waals surface area contributed by atoms with Crippen LogP contribution >= 0.6 is 0 Å². The molecule has 0 fully saturated rings. The molecule has 0 aliphatic rings. The predicted octanol–water partition coefficient (Wildman–Crippen LogP) is 7.86. The molecule has 0 spiro atoms. The molecule has 0 bridgehead atoms. The number of aromatic nitrogens is 1. The van der Waals surface area contributed by atoms with E-state index >= 15 is 0 Å². The number of methoxy groups -OCH3 is 3. The maximum Gasteiger partial charge on any atom is 0.323 e. The second kappa shape index (κ2) is 21.5. The van der Waals surface area contributed by atoms with E-state index in [1.54, 1.807) is 44.9 Å². The van der Waals surface area contributed by atoms with Crippen LogP contribution in [0.15, 0.2) is 85.1 Å². The number of hydrogen-bond donors (Lipinski definition) is 3. The van der Waals surface area contributed by atoms with Gasteiger partial charge in [-0.3, -0.25) is 14.0 Å². The van der Waals surface area contributed by atoms with Crippen LogP contribution in [0.3, 0.4) is 0 Å². The number of rotatable bonds is 20. The van der Waals surface area contributed by atoms with Gasteiger partial charge in [-0.05, 0) is 59.0 Å². The summed E-state index contributed by atoms with van der Waals surface area (Å²) in [7, 11) is 3.60. The van der Waals surface area contributed by atoms with Crippen LogP contribution in [-0.4, -0.2) is 88.3 Å². The van der Waals surface area contributed by atoms with Gasteiger partial charge in [0.15, 0.2) is 0 Å². The van der Waals surface area contributed by atoms with Crippen molar-refractivity contribution in [1.29, 1.82) is 0 Å². The molecule has 1 unspecified atom stereocenters. The molecule has 5 aromatic rings. The van der Waals surface area contributed by atoms with Gasteiger partial charge in [0.25, 0.3) is 5.91 Å². The molecule has 14 heteroatoms. The number of pyridine rings is 1. The summed E-state index contributed by atoms with van der Waals surface area (Å²) in [4.78, 5) is 31.1. The van der Waals surface area contributed by atoms with E-state index in [1.165, 1.54) is 7.11 Å². The van der Waals surface area contributed by atoms with E-state index in [4.69, 9.17) is 28.4 Å². The van der Waals surface area contributed by atoms with E-state index in [1.807, 2.05) is 60.7 Å². The van der Waals surface area contributed by atoms with E-state index < -0.39 is 16.8 Å². The van der Waals surface area contributed by atoms with Gasteiger partial charge in [0.1, 0.15) is 23.0 Å². The minimum atomic E-state index is -1.12. The highest BCUT2D eigenvalue weighted by Gasteiger charge is 2.22. The molecular formula is C45H54N4O9S. The summed E-state index contributed by atoms with van der Waals surface area (Å²) in [5, 5.41) is 10.4. The van der Waals surface area contributed by atoms with Gasteiger partial charge in [-0.25, -0.2) is 4.79 Å². The van der Waals surface area contributed by atoms with Gasteiger partial charge in [0.05, 0.1) is 64.4 Å². The summed E-state index contributed by atoms with van der Waals surface area (Å²) in [5.74, 6) is 2.23. The van der Waals surface area contributed by atoms with Crippen molar-refractivity contribution in [2.45, 2.75) is 38.4 Å². The second-order valence-electron chi connectivity index (χ2n) is 14.7. The van der Waals surface area contributed by atoms with Gasteiger partial charge < -0.3 is 44.4 Å². The highest BCUT2D eigenvalue weighted by Crippen LogP contribution is 2.38. The Morgan fingerprint density at radius 3 is 2.20 bits per heavy atom. The lowest BCUT2D eigenvalue weighted by Gasteiger charge is -2.24. The molecule has 4 aromatic carbocycles. The lowest BCUT2D eigenvalue weighted by molar-refractivity contribution is 0.0255. The highest BCUT2D eigenvalue weighted by molar-refractivity contribution is 7.83. The Morgan fingerprint density at radius 1 is 0.763 bits per heavy atom. The number of nitrogens with zero attached hydrogens (tertiary/aromatic N) is 1. The molecule has 0 saturated carbocycles. The van der Waals surface area contributed by atoms with Crippen LogP contribution in [0, 0.1) is 0 Å². The highest BCUT2D eigenvalue weighted by atomic mass is 32.2. The summed E-state index contributed by atoms with van der Waals surface area (Å²) in [5.41, 5.74) is 4.60. The Labute approximate surface area is 348 Å². The van der Waals surface area contributed by atoms with Crippen LogP contribution in [0.5, 0.6) is 23.0 Å². The molecule has 3 amide bonds. The first-order valence-corrected chi connectivity index (χ1v) is 21.0. The van der Waals surface area contributed by atoms with Crippen molar-refractivity contribution in [3.8, 4) is 23.0 Å². The second-order valence-corrected chi connectivity index (χ2v) is 16.2. The van der Waals surface area contributed by atoms with E-state index in [2.05, 4.69) is 41.7 Å². The van der Waals surface area contributed by atoms with Crippen LogP contribution < -0.4 is 30.2 Å². The quantitative estimate of drug-likeness (QED) is 0.0661. The minimum absolute atomic E-state index is 0.223. The zero-order chi connectivity index (χ0) is 42.4. The molecule has 0 radical (unpaired) electrons. The van der Waals surface area contributed by atoms with Crippen LogP contribution in [-0.2, 0) is 42.6 Å². The van der Waals surface area contributed by atoms with Crippen LogP contribution in [0.1, 0.15) is 53.5 Å². The molecule has 314 valence electrons. The number of anilines is 2. The SMILES string of the molecule is COCCOCCOCCNC(=O)c1cc(Cc2cc(Oc3ccc(NC(=O)Nc4cc(C(C)(C)C)cc(CS(C)=O)c4OC)c4ccccc34)ccn2)cc(OC)c1. The number of ether oxygens (including phenoxy) is 6. The molecule has 5 rings (SSSR count). The molecule has 1 aromatic heterocycles. The average Bonchev–Trinajstić information content (AvgIpc) is 3.20. The van der Waals surface area contributed by atoms with E-state index in [0.29, 0.717) is 91.7 Å². The van der Waals surface area contributed by atoms with Gasteiger partial charge in [-0.2, -0.15) is 0 Å². The number of benzene rings is 4. The van der Waals surface area contributed by atoms with Gasteiger partial charge in [-0.1, -0.05) is 51.1 Å². The molecule has 1 heterocycles.